The van der Waals surface area contributed by atoms with Crippen molar-refractivity contribution in [2.45, 2.75) is 0 Å². The van der Waals surface area contributed by atoms with Crippen molar-refractivity contribution in [1.29, 1.82) is 0 Å². The van der Waals surface area contributed by atoms with Crippen molar-refractivity contribution in [2.24, 2.45) is 5.10 Å². The van der Waals surface area contributed by atoms with Gasteiger partial charge in [0.05, 0.1) is 27.7 Å². The van der Waals surface area contributed by atoms with Crippen LogP contribution in [0.3, 0.4) is 0 Å². The second-order valence-electron chi connectivity index (χ2n) is 7.88. The first kappa shape index (κ1) is 24.9. The molecule has 4 aromatic carbocycles. The van der Waals surface area contributed by atoms with Gasteiger partial charge in [0, 0.05) is 20.6 Å². The lowest BCUT2D eigenvalue weighted by molar-refractivity contribution is 0.0734. The Morgan fingerprint density at radius 3 is 2.49 bits per heavy atom. The summed E-state index contributed by atoms with van der Waals surface area (Å²) < 4.78 is 7.54. The van der Waals surface area contributed by atoms with E-state index in [1.807, 2.05) is 6.07 Å². The van der Waals surface area contributed by atoms with Crippen molar-refractivity contribution in [3.8, 4) is 17.1 Å². The molecule has 0 saturated carbocycles. The standard InChI is InChI=1S/C28H16BrCl2N3O3/c29-19-10-13-25(37-28(36)17-6-2-1-3-7-17)18(14-19)16-32-34-26(21-12-11-20(30)15-23(21)31)33-24-9-5-4-8-22(24)27(34)35/h1-16H. The number of ether oxygens (including phenoxy) is 1. The van der Waals surface area contributed by atoms with Gasteiger partial charge in [-0.15, -0.1) is 0 Å². The minimum Gasteiger partial charge on any atom is -0.422 e. The van der Waals surface area contributed by atoms with E-state index >= 15 is 0 Å². The maximum Gasteiger partial charge on any atom is 0.343 e. The van der Waals surface area contributed by atoms with Gasteiger partial charge >= 0.3 is 5.97 Å². The minimum absolute atomic E-state index is 0.236. The summed E-state index contributed by atoms with van der Waals surface area (Å²) in [7, 11) is 0. The molecule has 0 spiro atoms. The molecular formula is C28H16BrCl2N3O3. The number of carbonyl (C=O) groups is 1. The van der Waals surface area contributed by atoms with Crippen molar-refractivity contribution in [3.63, 3.8) is 0 Å². The normalized spacial score (nSPS) is 11.2. The lowest BCUT2D eigenvalue weighted by Crippen LogP contribution is -2.20. The van der Waals surface area contributed by atoms with Crippen LogP contribution in [0, 0.1) is 0 Å². The minimum atomic E-state index is -0.518. The number of nitrogens with zero attached hydrogens (tertiary/aromatic N) is 3. The van der Waals surface area contributed by atoms with E-state index in [4.69, 9.17) is 27.9 Å². The number of benzene rings is 4. The number of fused-ring (bicyclic) bond motifs is 1. The van der Waals surface area contributed by atoms with Gasteiger partial charge in [0.25, 0.3) is 5.56 Å². The Labute approximate surface area is 229 Å². The van der Waals surface area contributed by atoms with Gasteiger partial charge < -0.3 is 4.74 Å². The van der Waals surface area contributed by atoms with Crippen molar-refractivity contribution >= 4 is 62.2 Å². The molecule has 0 aliphatic rings. The van der Waals surface area contributed by atoms with Gasteiger partial charge in [-0.05, 0) is 60.7 Å². The number of rotatable bonds is 5. The summed E-state index contributed by atoms with van der Waals surface area (Å²) in [6.45, 7) is 0. The molecule has 0 saturated heterocycles. The lowest BCUT2D eigenvalue weighted by Gasteiger charge is -2.12. The van der Waals surface area contributed by atoms with Gasteiger partial charge in [0.15, 0.2) is 5.82 Å². The van der Waals surface area contributed by atoms with E-state index in [0.717, 1.165) is 4.47 Å². The summed E-state index contributed by atoms with van der Waals surface area (Å²) in [6.07, 6.45) is 1.43. The number of aromatic nitrogens is 2. The van der Waals surface area contributed by atoms with Crippen LogP contribution in [0.1, 0.15) is 15.9 Å². The predicted molar refractivity (Wildman–Crippen MR) is 150 cm³/mol. The molecule has 0 fully saturated rings. The highest BCUT2D eigenvalue weighted by atomic mass is 79.9. The number of esters is 1. The Morgan fingerprint density at radius 1 is 0.946 bits per heavy atom. The van der Waals surface area contributed by atoms with Crippen molar-refractivity contribution < 1.29 is 9.53 Å². The Kier molecular flexibility index (Phi) is 7.19. The van der Waals surface area contributed by atoms with Crippen LogP contribution in [-0.2, 0) is 0 Å². The fourth-order valence-electron chi connectivity index (χ4n) is 3.64. The zero-order valence-corrected chi connectivity index (χ0v) is 22.0. The van der Waals surface area contributed by atoms with Crippen LogP contribution in [0.2, 0.25) is 10.0 Å². The van der Waals surface area contributed by atoms with E-state index < -0.39 is 5.97 Å². The molecule has 0 atom stereocenters. The summed E-state index contributed by atoms with van der Waals surface area (Å²) in [5.74, 6) is -0.0103. The Morgan fingerprint density at radius 2 is 1.70 bits per heavy atom. The van der Waals surface area contributed by atoms with Crippen LogP contribution in [0.25, 0.3) is 22.3 Å². The summed E-state index contributed by atoms with van der Waals surface area (Å²) in [5.41, 5.74) is 1.46. The zero-order valence-electron chi connectivity index (χ0n) is 18.9. The van der Waals surface area contributed by atoms with Crippen molar-refractivity contribution in [1.82, 2.24) is 9.66 Å². The molecule has 9 heteroatoms. The molecule has 0 amide bonds. The average molecular weight is 593 g/mol. The first-order chi connectivity index (χ1) is 17.9. The van der Waals surface area contributed by atoms with E-state index in [0.29, 0.717) is 37.6 Å². The van der Waals surface area contributed by atoms with E-state index in [-0.39, 0.29) is 17.1 Å². The Hall–Kier alpha value is -3.78. The van der Waals surface area contributed by atoms with E-state index in [1.54, 1.807) is 84.9 Å². The van der Waals surface area contributed by atoms with Gasteiger partial charge in [-0.3, -0.25) is 4.79 Å². The molecule has 0 aliphatic heterocycles. The summed E-state index contributed by atoms with van der Waals surface area (Å²) in [4.78, 5) is 30.8. The molecule has 6 nitrogen and oxygen atoms in total. The number of hydrogen-bond donors (Lipinski definition) is 0. The zero-order chi connectivity index (χ0) is 25.9. The van der Waals surface area contributed by atoms with Crippen LogP contribution in [0.15, 0.2) is 105 Å². The lowest BCUT2D eigenvalue weighted by atomic mass is 10.2. The fraction of sp³-hybridized carbons (Fsp3) is 0. The molecule has 0 N–H and O–H groups in total. The first-order valence-corrected chi connectivity index (χ1v) is 12.5. The third kappa shape index (κ3) is 5.34. The number of carbonyl (C=O) groups excluding carboxylic acids is 1. The van der Waals surface area contributed by atoms with Gasteiger partial charge in [0.2, 0.25) is 0 Å². The number of halogens is 3. The van der Waals surface area contributed by atoms with Gasteiger partial charge in [-0.2, -0.15) is 9.78 Å². The molecule has 0 radical (unpaired) electrons. The monoisotopic (exact) mass is 591 g/mol. The van der Waals surface area contributed by atoms with E-state index in [2.05, 4.69) is 26.0 Å². The highest BCUT2D eigenvalue weighted by molar-refractivity contribution is 9.10. The molecule has 5 aromatic rings. The summed E-state index contributed by atoms with van der Waals surface area (Å²) in [6, 6.07) is 25.6. The molecule has 1 heterocycles. The van der Waals surface area contributed by atoms with Gasteiger partial charge in [-0.1, -0.05) is 69.5 Å². The second-order valence-corrected chi connectivity index (χ2v) is 9.64. The van der Waals surface area contributed by atoms with Gasteiger partial charge in [0.1, 0.15) is 5.75 Å². The van der Waals surface area contributed by atoms with E-state index in [1.165, 1.54) is 10.9 Å². The molecule has 1 aromatic heterocycles. The largest absolute Gasteiger partial charge is 0.422 e. The van der Waals surface area contributed by atoms with E-state index in [9.17, 15) is 9.59 Å². The summed E-state index contributed by atoms with van der Waals surface area (Å²) in [5, 5.41) is 5.62. The molecule has 0 bridgehead atoms. The molecule has 0 unspecified atom stereocenters. The molecule has 37 heavy (non-hydrogen) atoms. The molecule has 5 rings (SSSR count). The molecular weight excluding hydrogens is 577 g/mol. The van der Waals surface area contributed by atoms with Crippen molar-refractivity contribution in [2.75, 3.05) is 0 Å². The number of hydrogen-bond acceptors (Lipinski definition) is 5. The van der Waals surface area contributed by atoms with Crippen LogP contribution in [0.4, 0.5) is 0 Å². The first-order valence-electron chi connectivity index (χ1n) is 11.0. The predicted octanol–water partition coefficient (Wildman–Crippen LogP) is 7.23. The third-order valence-electron chi connectivity index (χ3n) is 5.42. The topological polar surface area (TPSA) is 73.5 Å². The Balaban J connectivity index is 1.63. The van der Waals surface area contributed by atoms with Gasteiger partial charge in [-0.25, -0.2) is 9.78 Å². The highest BCUT2D eigenvalue weighted by Crippen LogP contribution is 2.30. The van der Waals surface area contributed by atoms with Crippen LogP contribution in [0.5, 0.6) is 5.75 Å². The fourth-order valence-corrected chi connectivity index (χ4v) is 4.51. The average Bonchev–Trinajstić information content (AvgIpc) is 2.90. The maximum absolute atomic E-state index is 13.5. The quantitative estimate of drug-likeness (QED) is 0.122. The molecule has 182 valence electrons. The van der Waals surface area contributed by atoms with Crippen LogP contribution < -0.4 is 10.3 Å². The highest BCUT2D eigenvalue weighted by Gasteiger charge is 2.16. The smallest absolute Gasteiger partial charge is 0.343 e. The van der Waals surface area contributed by atoms with Crippen LogP contribution in [-0.4, -0.2) is 21.8 Å². The SMILES string of the molecule is O=C(Oc1ccc(Br)cc1C=Nn1c(-c2ccc(Cl)cc2Cl)nc2ccccc2c1=O)c1ccccc1. The number of para-hydroxylation sites is 1. The Bertz CT molecular complexity index is 1740. The second kappa shape index (κ2) is 10.7. The van der Waals surface area contributed by atoms with Crippen molar-refractivity contribution in [3.05, 3.63) is 127 Å². The third-order valence-corrected chi connectivity index (χ3v) is 6.46. The maximum atomic E-state index is 13.5. The summed E-state index contributed by atoms with van der Waals surface area (Å²) >= 11 is 16.0. The molecule has 0 aliphatic carbocycles. The van der Waals surface area contributed by atoms with Crippen LogP contribution >= 0.6 is 39.1 Å².